The predicted octanol–water partition coefficient (Wildman–Crippen LogP) is 1.51. The molecule has 0 aliphatic rings. The third kappa shape index (κ3) is 3.34. The van der Waals surface area contributed by atoms with Crippen LogP contribution in [0.3, 0.4) is 0 Å². The number of carboxylic acid groups (broad SMARTS) is 1. The highest BCUT2D eigenvalue weighted by Gasteiger charge is 2.18. The van der Waals surface area contributed by atoms with Crippen molar-refractivity contribution in [1.82, 2.24) is 0 Å². The zero-order valence-electron chi connectivity index (χ0n) is 10.1. The normalized spacial score (nSPS) is 9.89. The summed E-state index contributed by atoms with van der Waals surface area (Å²) >= 11 is 0. The van der Waals surface area contributed by atoms with Crippen LogP contribution >= 0.6 is 0 Å². The summed E-state index contributed by atoms with van der Waals surface area (Å²) in [5.74, 6) is -0.467. The second kappa shape index (κ2) is 5.85. The van der Waals surface area contributed by atoms with Crippen LogP contribution in [-0.4, -0.2) is 36.7 Å². The van der Waals surface area contributed by atoms with Crippen molar-refractivity contribution in [1.29, 1.82) is 0 Å². The van der Waals surface area contributed by atoms with E-state index >= 15 is 0 Å². The Morgan fingerprint density at radius 3 is 2.72 bits per heavy atom. The second-order valence-corrected chi connectivity index (χ2v) is 3.68. The lowest BCUT2D eigenvalue weighted by Crippen LogP contribution is -2.21. The number of methoxy groups -OCH3 is 1. The number of ether oxygens (including phenoxy) is 1. The first-order valence-electron chi connectivity index (χ1n) is 5.21. The van der Waals surface area contributed by atoms with Gasteiger partial charge in [0.2, 0.25) is 0 Å². The molecule has 1 N–H and O–H groups in total. The van der Waals surface area contributed by atoms with Gasteiger partial charge in [-0.05, 0) is 6.07 Å². The molecule has 0 radical (unpaired) electrons. The Kier molecular flexibility index (Phi) is 4.47. The standard InChI is InChI=1S/C11H14N2O5/c1-12(6-5-11(14)15)10-7-8(18-2)3-4-9(10)13(16)17/h3-4,7H,5-6H2,1-2H3,(H,14,15). The lowest BCUT2D eigenvalue weighted by atomic mass is 10.2. The van der Waals surface area contributed by atoms with Crippen LogP contribution in [0.4, 0.5) is 11.4 Å². The van der Waals surface area contributed by atoms with E-state index in [1.807, 2.05) is 0 Å². The highest BCUT2D eigenvalue weighted by molar-refractivity contribution is 5.69. The summed E-state index contributed by atoms with van der Waals surface area (Å²) < 4.78 is 5.00. The fourth-order valence-electron chi connectivity index (χ4n) is 1.47. The summed E-state index contributed by atoms with van der Waals surface area (Å²) in [6.07, 6.45) is -0.0924. The van der Waals surface area contributed by atoms with E-state index in [0.717, 1.165) is 0 Å². The van der Waals surface area contributed by atoms with Crippen LogP contribution in [0.5, 0.6) is 5.75 Å². The molecule has 1 aromatic rings. The number of hydrogen-bond donors (Lipinski definition) is 1. The van der Waals surface area contributed by atoms with Crippen LogP contribution in [0.25, 0.3) is 0 Å². The van der Waals surface area contributed by atoms with E-state index in [9.17, 15) is 14.9 Å². The SMILES string of the molecule is COc1ccc([N+](=O)[O-])c(N(C)CCC(=O)O)c1. The topological polar surface area (TPSA) is 92.9 Å². The molecule has 0 heterocycles. The van der Waals surface area contributed by atoms with Gasteiger partial charge in [0.05, 0.1) is 18.5 Å². The van der Waals surface area contributed by atoms with Crippen LogP contribution in [-0.2, 0) is 4.79 Å². The number of nitro groups is 1. The number of rotatable bonds is 6. The largest absolute Gasteiger partial charge is 0.497 e. The highest BCUT2D eigenvalue weighted by Crippen LogP contribution is 2.31. The first-order chi connectivity index (χ1) is 8.45. The molecular formula is C11H14N2O5. The molecule has 0 atom stereocenters. The summed E-state index contributed by atoms with van der Waals surface area (Å²) in [5.41, 5.74) is 0.254. The van der Waals surface area contributed by atoms with Gasteiger partial charge in [-0.3, -0.25) is 14.9 Å². The summed E-state index contributed by atoms with van der Waals surface area (Å²) in [7, 11) is 3.06. The monoisotopic (exact) mass is 254 g/mol. The van der Waals surface area contributed by atoms with Crippen LogP contribution in [0.2, 0.25) is 0 Å². The smallest absolute Gasteiger partial charge is 0.305 e. The maximum Gasteiger partial charge on any atom is 0.305 e. The van der Waals surface area contributed by atoms with Crippen molar-refractivity contribution in [2.45, 2.75) is 6.42 Å². The van der Waals surface area contributed by atoms with Crippen molar-refractivity contribution in [2.24, 2.45) is 0 Å². The van der Waals surface area contributed by atoms with Crippen molar-refractivity contribution < 1.29 is 19.6 Å². The number of carboxylic acids is 1. The molecule has 1 aromatic carbocycles. The van der Waals surface area contributed by atoms with Gasteiger partial charge in [-0.25, -0.2) is 0 Å². The van der Waals surface area contributed by atoms with Crippen molar-refractivity contribution >= 4 is 17.3 Å². The first-order valence-corrected chi connectivity index (χ1v) is 5.21. The fourth-order valence-corrected chi connectivity index (χ4v) is 1.47. The molecule has 0 saturated heterocycles. The molecule has 0 aliphatic carbocycles. The van der Waals surface area contributed by atoms with Crippen molar-refractivity contribution in [2.75, 3.05) is 25.6 Å². The molecule has 0 aliphatic heterocycles. The van der Waals surface area contributed by atoms with Crippen LogP contribution in [0.1, 0.15) is 6.42 Å². The Bertz CT molecular complexity index is 461. The summed E-state index contributed by atoms with van der Waals surface area (Å²) in [6.45, 7) is 0.184. The van der Waals surface area contributed by atoms with E-state index in [4.69, 9.17) is 9.84 Å². The average Bonchev–Trinajstić information content (AvgIpc) is 2.34. The minimum atomic E-state index is -0.951. The zero-order chi connectivity index (χ0) is 13.7. The lowest BCUT2D eigenvalue weighted by molar-refractivity contribution is -0.384. The number of anilines is 1. The van der Waals surface area contributed by atoms with Crippen LogP contribution in [0, 0.1) is 10.1 Å². The van der Waals surface area contributed by atoms with Gasteiger partial charge in [-0.15, -0.1) is 0 Å². The van der Waals surface area contributed by atoms with Crippen molar-refractivity contribution in [3.63, 3.8) is 0 Å². The molecule has 0 aromatic heterocycles. The molecule has 0 spiro atoms. The van der Waals surface area contributed by atoms with E-state index in [-0.39, 0.29) is 18.7 Å². The van der Waals surface area contributed by atoms with Crippen molar-refractivity contribution in [3.05, 3.63) is 28.3 Å². The maximum absolute atomic E-state index is 10.9. The third-order valence-electron chi connectivity index (χ3n) is 2.45. The molecule has 0 fully saturated rings. The van der Waals surface area contributed by atoms with Crippen LogP contribution < -0.4 is 9.64 Å². The lowest BCUT2D eigenvalue weighted by Gasteiger charge is -2.18. The Hall–Kier alpha value is -2.31. The molecule has 0 amide bonds. The quantitative estimate of drug-likeness (QED) is 0.611. The van der Waals surface area contributed by atoms with Gasteiger partial charge in [0, 0.05) is 25.7 Å². The summed E-state index contributed by atoms with van der Waals surface area (Å²) in [4.78, 5) is 22.4. The minimum Gasteiger partial charge on any atom is -0.497 e. The van der Waals surface area contributed by atoms with Gasteiger partial charge in [0.1, 0.15) is 11.4 Å². The molecule has 0 unspecified atom stereocenters. The Balaban J connectivity index is 3.02. The van der Waals surface area contributed by atoms with E-state index in [2.05, 4.69) is 0 Å². The van der Waals surface area contributed by atoms with Crippen LogP contribution in [0.15, 0.2) is 18.2 Å². The summed E-state index contributed by atoms with van der Waals surface area (Å²) in [5, 5.41) is 19.5. The van der Waals surface area contributed by atoms with Crippen molar-refractivity contribution in [3.8, 4) is 5.75 Å². The molecule has 98 valence electrons. The predicted molar refractivity (Wildman–Crippen MR) is 65.2 cm³/mol. The number of benzene rings is 1. The van der Waals surface area contributed by atoms with Gasteiger partial charge < -0.3 is 14.7 Å². The number of nitrogens with zero attached hydrogens (tertiary/aromatic N) is 2. The highest BCUT2D eigenvalue weighted by atomic mass is 16.6. The molecule has 0 saturated carbocycles. The zero-order valence-corrected chi connectivity index (χ0v) is 10.1. The third-order valence-corrected chi connectivity index (χ3v) is 2.45. The molecular weight excluding hydrogens is 240 g/mol. The minimum absolute atomic E-state index is 0.0799. The van der Waals surface area contributed by atoms with E-state index < -0.39 is 10.9 Å². The number of nitro benzene ring substituents is 1. The molecule has 18 heavy (non-hydrogen) atoms. The number of carbonyl (C=O) groups is 1. The molecule has 7 nitrogen and oxygen atoms in total. The van der Waals surface area contributed by atoms with Gasteiger partial charge in [-0.2, -0.15) is 0 Å². The molecule has 1 rings (SSSR count). The fraction of sp³-hybridized carbons (Fsp3) is 0.364. The Morgan fingerprint density at radius 1 is 1.56 bits per heavy atom. The number of aliphatic carboxylic acids is 1. The Morgan fingerprint density at radius 2 is 2.22 bits per heavy atom. The number of hydrogen-bond acceptors (Lipinski definition) is 5. The Labute approximate surface area is 104 Å². The maximum atomic E-state index is 10.9. The van der Waals surface area contributed by atoms with Gasteiger partial charge in [0.25, 0.3) is 5.69 Å². The van der Waals surface area contributed by atoms with Gasteiger partial charge in [-0.1, -0.05) is 0 Å². The summed E-state index contributed by atoms with van der Waals surface area (Å²) in [6, 6.07) is 4.35. The average molecular weight is 254 g/mol. The molecule has 7 heteroatoms. The molecule has 0 bridgehead atoms. The van der Waals surface area contributed by atoms with Gasteiger partial charge >= 0.3 is 5.97 Å². The van der Waals surface area contributed by atoms with Gasteiger partial charge in [0.15, 0.2) is 0 Å². The first kappa shape index (κ1) is 13.8. The van der Waals surface area contributed by atoms with E-state index in [1.165, 1.54) is 30.2 Å². The second-order valence-electron chi connectivity index (χ2n) is 3.68. The van der Waals surface area contributed by atoms with E-state index in [0.29, 0.717) is 11.4 Å². The van der Waals surface area contributed by atoms with E-state index in [1.54, 1.807) is 7.05 Å².